The average molecular weight is 408 g/mol. The van der Waals surface area contributed by atoms with Crippen LogP contribution in [0.1, 0.15) is 25.3 Å². The van der Waals surface area contributed by atoms with Crippen LogP contribution < -0.4 is 20.7 Å². The van der Waals surface area contributed by atoms with E-state index >= 15 is 0 Å². The van der Waals surface area contributed by atoms with Gasteiger partial charge in [-0.05, 0) is 68.3 Å². The largest absolute Gasteiger partial charge is 0.481 e. The highest BCUT2D eigenvalue weighted by Crippen LogP contribution is 2.17. The van der Waals surface area contributed by atoms with Crippen molar-refractivity contribution < 1.29 is 19.1 Å². The third-order valence-corrected chi connectivity index (χ3v) is 4.59. The third kappa shape index (κ3) is 6.22. The summed E-state index contributed by atoms with van der Waals surface area (Å²) in [6.07, 6.45) is 1.35. The van der Waals surface area contributed by atoms with E-state index in [-0.39, 0.29) is 18.0 Å². The van der Waals surface area contributed by atoms with Gasteiger partial charge in [0.25, 0.3) is 5.91 Å². The molecular weight excluding hydrogens is 384 g/mol. The van der Waals surface area contributed by atoms with Crippen molar-refractivity contribution in [1.82, 2.24) is 5.32 Å². The SMILES string of the molecule is CC(Oc1ccc(C#N)cc1)C(=O)Nc1ccc(NC(=O)NCC2CCCO2)cc1. The van der Waals surface area contributed by atoms with Crippen LogP contribution in [0.25, 0.3) is 0 Å². The van der Waals surface area contributed by atoms with Gasteiger partial charge in [0.1, 0.15) is 5.75 Å². The fourth-order valence-electron chi connectivity index (χ4n) is 2.93. The molecule has 2 aromatic rings. The minimum absolute atomic E-state index is 0.0850. The number of benzene rings is 2. The lowest BCUT2D eigenvalue weighted by atomic mass is 10.2. The van der Waals surface area contributed by atoms with E-state index in [1.165, 1.54) is 0 Å². The van der Waals surface area contributed by atoms with Crippen LogP contribution in [-0.4, -0.2) is 37.3 Å². The van der Waals surface area contributed by atoms with Crippen molar-refractivity contribution in [3.8, 4) is 11.8 Å². The Hall–Kier alpha value is -3.57. The first-order valence-electron chi connectivity index (χ1n) is 9.77. The number of ether oxygens (including phenoxy) is 2. The zero-order valence-corrected chi connectivity index (χ0v) is 16.7. The molecule has 3 N–H and O–H groups in total. The highest BCUT2D eigenvalue weighted by atomic mass is 16.5. The van der Waals surface area contributed by atoms with Gasteiger partial charge in [-0.25, -0.2) is 4.79 Å². The van der Waals surface area contributed by atoms with E-state index in [1.54, 1.807) is 55.5 Å². The number of hydrogen-bond acceptors (Lipinski definition) is 5. The maximum Gasteiger partial charge on any atom is 0.319 e. The molecule has 1 aliphatic rings. The molecule has 1 aliphatic heterocycles. The molecule has 0 aromatic heterocycles. The molecule has 0 spiro atoms. The first-order chi connectivity index (χ1) is 14.5. The number of urea groups is 1. The number of nitrogens with zero attached hydrogens (tertiary/aromatic N) is 1. The van der Waals surface area contributed by atoms with E-state index in [4.69, 9.17) is 14.7 Å². The molecule has 2 aromatic carbocycles. The molecule has 0 bridgehead atoms. The van der Waals surface area contributed by atoms with E-state index in [9.17, 15) is 9.59 Å². The molecule has 1 fully saturated rings. The second kappa shape index (κ2) is 10.3. The van der Waals surface area contributed by atoms with E-state index in [0.29, 0.717) is 29.2 Å². The predicted molar refractivity (Wildman–Crippen MR) is 112 cm³/mol. The van der Waals surface area contributed by atoms with Crippen molar-refractivity contribution in [3.05, 3.63) is 54.1 Å². The highest BCUT2D eigenvalue weighted by Gasteiger charge is 2.17. The van der Waals surface area contributed by atoms with Gasteiger partial charge in [-0.15, -0.1) is 0 Å². The molecule has 2 atom stereocenters. The van der Waals surface area contributed by atoms with Gasteiger partial charge in [0.05, 0.1) is 17.7 Å². The molecule has 8 nitrogen and oxygen atoms in total. The number of amides is 3. The Labute approximate surface area is 175 Å². The number of nitriles is 1. The van der Waals surface area contributed by atoms with Crippen molar-refractivity contribution in [2.24, 2.45) is 0 Å². The van der Waals surface area contributed by atoms with E-state index in [0.717, 1.165) is 19.4 Å². The minimum Gasteiger partial charge on any atom is -0.481 e. The highest BCUT2D eigenvalue weighted by molar-refractivity contribution is 5.94. The van der Waals surface area contributed by atoms with Crippen LogP contribution in [0.2, 0.25) is 0 Å². The number of anilines is 2. The third-order valence-electron chi connectivity index (χ3n) is 4.59. The standard InChI is InChI=1S/C22H24N4O4/c1-15(30-19-10-4-16(13-23)5-11-19)21(27)25-17-6-8-18(9-7-17)26-22(28)24-14-20-3-2-12-29-20/h4-11,15,20H,2-3,12,14H2,1H3,(H,25,27)(H2,24,26,28). The quantitative estimate of drug-likeness (QED) is 0.651. The van der Waals surface area contributed by atoms with Gasteiger partial charge in [0.2, 0.25) is 0 Å². The van der Waals surface area contributed by atoms with Crippen LogP contribution in [0.3, 0.4) is 0 Å². The Morgan fingerprint density at radius 2 is 1.80 bits per heavy atom. The summed E-state index contributed by atoms with van der Waals surface area (Å²) in [7, 11) is 0. The van der Waals surface area contributed by atoms with Gasteiger partial charge >= 0.3 is 6.03 Å². The van der Waals surface area contributed by atoms with E-state index in [2.05, 4.69) is 16.0 Å². The second-order valence-corrected chi connectivity index (χ2v) is 6.93. The van der Waals surface area contributed by atoms with Crippen LogP contribution in [0.4, 0.5) is 16.2 Å². The summed E-state index contributed by atoms with van der Waals surface area (Å²) < 4.78 is 11.1. The second-order valence-electron chi connectivity index (χ2n) is 6.93. The molecule has 156 valence electrons. The molecule has 0 saturated carbocycles. The maximum atomic E-state index is 12.3. The summed E-state index contributed by atoms with van der Waals surface area (Å²) >= 11 is 0. The molecule has 1 saturated heterocycles. The van der Waals surface area contributed by atoms with Crippen molar-refractivity contribution in [1.29, 1.82) is 5.26 Å². The number of carbonyl (C=O) groups is 2. The average Bonchev–Trinajstić information content (AvgIpc) is 3.28. The fourth-order valence-corrected chi connectivity index (χ4v) is 2.93. The first-order valence-corrected chi connectivity index (χ1v) is 9.77. The molecular formula is C22H24N4O4. The van der Waals surface area contributed by atoms with E-state index in [1.807, 2.05) is 6.07 Å². The van der Waals surface area contributed by atoms with Crippen molar-refractivity contribution in [2.45, 2.75) is 32.0 Å². The van der Waals surface area contributed by atoms with Gasteiger partial charge in [-0.1, -0.05) is 0 Å². The van der Waals surface area contributed by atoms with Crippen LogP contribution in [-0.2, 0) is 9.53 Å². The lowest BCUT2D eigenvalue weighted by molar-refractivity contribution is -0.122. The van der Waals surface area contributed by atoms with Gasteiger partial charge in [0.15, 0.2) is 6.10 Å². The molecule has 0 aliphatic carbocycles. The number of rotatable bonds is 7. The Morgan fingerprint density at radius 3 is 2.40 bits per heavy atom. The van der Waals surface area contributed by atoms with Gasteiger partial charge in [-0.3, -0.25) is 4.79 Å². The number of nitrogens with one attached hydrogen (secondary N) is 3. The maximum absolute atomic E-state index is 12.3. The van der Waals surface area contributed by atoms with Crippen LogP contribution in [0.5, 0.6) is 5.75 Å². The molecule has 3 rings (SSSR count). The summed E-state index contributed by atoms with van der Waals surface area (Å²) in [4.78, 5) is 24.3. The molecule has 8 heteroatoms. The lowest BCUT2D eigenvalue weighted by Crippen LogP contribution is -2.35. The molecule has 2 unspecified atom stereocenters. The minimum atomic E-state index is -0.723. The summed E-state index contributed by atoms with van der Waals surface area (Å²) in [5, 5.41) is 17.1. The first kappa shape index (κ1) is 21.1. The molecule has 0 radical (unpaired) electrons. The van der Waals surface area contributed by atoms with Gasteiger partial charge < -0.3 is 25.4 Å². The van der Waals surface area contributed by atoms with Gasteiger partial charge in [-0.2, -0.15) is 5.26 Å². The fraction of sp³-hybridized carbons (Fsp3) is 0.318. The van der Waals surface area contributed by atoms with Crippen molar-refractivity contribution >= 4 is 23.3 Å². The van der Waals surface area contributed by atoms with Crippen LogP contribution in [0, 0.1) is 11.3 Å². The Kier molecular flexibility index (Phi) is 7.24. The number of hydrogen-bond donors (Lipinski definition) is 3. The Balaban J connectivity index is 1.44. The summed E-state index contributed by atoms with van der Waals surface area (Å²) in [5.41, 5.74) is 1.72. The molecule has 3 amide bonds. The van der Waals surface area contributed by atoms with Crippen molar-refractivity contribution in [2.75, 3.05) is 23.8 Å². The summed E-state index contributed by atoms with van der Waals surface area (Å²) in [6, 6.07) is 15.1. The predicted octanol–water partition coefficient (Wildman–Crippen LogP) is 3.26. The Morgan fingerprint density at radius 1 is 1.13 bits per heavy atom. The Bertz CT molecular complexity index is 900. The molecule has 1 heterocycles. The van der Waals surface area contributed by atoms with Crippen LogP contribution >= 0.6 is 0 Å². The zero-order chi connectivity index (χ0) is 21.3. The smallest absolute Gasteiger partial charge is 0.319 e. The monoisotopic (exact) mass is 408 g/mol. The van der Waals surface area contributed by atoms with Crippen LogP contribution in [0.15, 0.2) is 48.5 Å². The van der Waals surface area contributed by atoms with E-state index < -0.39 is 6.10 Å². The normalized spacial score (nSPS) is 16.2. The number of carbonyl (C=O) groups excluding carboxylic acids is 2. The summed E-state index contributed by atoms with van der Waals surface area (Å²) in [5.74, 6) is 0.194. The van der Waals surface area contributed by atoms with Crippen molar-refractivity contribution in [3.63, 3.8) is 0 Å². The zero-order valence-electron chi connectivity index (χ0n) is 16.7. The van der Waals surface area contributed by atoms with Gasteiger partial charge in [0, 0.05) is 24.5 Å². The molecule has 30 heavy (non-hydrogen) atoms. The lowest BCUT2D eigenvalue weighted by Gasteiger charge is -2.15. The summed E-state index contributed by atoms with van der Waals surface area (Å²) in [6.45, 7) is 2.87. The topological polar surface area (TPSA) is 112 Å².